The zero-order chi connectivity index (χ0) is 30.1. The first-order valence-electron chi connectivity index (χ1n) is 13.8. The van der Waals surface area contributed by atoms with Gasteiger partial charge in [0.25, 0.3) is 0 Å². The number of halogens is 2. The smallest absolute Gasteiger partial charge is 0.248 e. The molecule has 0 unspecified atom stereocenters. The van der Waals surface area contributed by atoms with Crippen molar-refractivity contribution in [3.63, 3.8) is 0 Å². The molecule has 0 aliphatic carbocycles. The predicted molar refractivity (Wildman–Crippen MR) is 151 cm³/mol. The van der Waals surface area contributed by atoms with Crippen LogP contribution in [0.1, 0.15) is 18.3 Å². The minimum atomic E-state index is -1.50. The highest BCUT2D eigenvalue weighted by atomic mass is 19.2. The zero-order valence-corrected chi connectivity index (χ0v) is 24.2. The molecule has 1 aliphatic heterocycles. The molecule has 1 saturated heterocycles. The van der Waals surface area contributed by atoms with E-state index < -0.39 is 17.2 Å². The van der Waals surface area contributed by atoms with Crippen molar-refractivity contribution in [1.82, 2.24) is 19.4 Å². The van der Waals surface area contributed by atoms with Gasteiger partial charge in [0.05, 0.1) is 20.2 Å². The van der Waals surface area contributed by atoms with Crippen molar-refractivity contribution in [2.24, 2.45) is 0 Å². The third-order valence-electron chi connectivity index (χ3n) is 7.05. The number of aromatic nitrogens is 2. The molecular weight excluding hydrogens is 550 g/mol. The van der Waals surface area contributed by atoms with Gasteiger partial charge in [-0.05, 0) is 29.8 Å². The molecule has 4 rings (SSSR count). The van der Waals surface area contributed by atoms with Crippen LogP contribution in [0.5, 0.6) is 17.2 Å². The number of aryl methyl sites for hydroxylation is 1. The topological polar surface area (TPSA) is 98.5 Å². The van der Waals surface area contributed by atoms with E-state index in [0.29, 0.717) is 44.3 Å². The van der Waals surface area contributed by atoms with Crippen molar-refractivity contribution in [2.45, 2.75) is 32.0 Å². The average Bonchev–Trinajstić information content (AvgIpc) is 3.36. The monoisotopic (exact) mass is 588 g/mol. The van der Waals surface area contributed by atoms with Gasteiger partial charge in [0.15, 0.2) is 23.1 Å². The third-order valence-corrected chi connectivity index (χ3v) is 7.05. The summed E-state index contributed by atoms with van der Waals surface area (Å²) in [7, 11) is 3.02. The molecule has 1 N–H and O–H groups in total. The zero-order valence-electron chi connectivity index (χ0n) is 24.2. The van der Waals surface area contributed by atoms with Crippen LogP contribution in [0.4, 0.5) is 8.78 Å². The predicted octanol–water partition coefficient (Wildman–Crippen LogP) is 2.91. The second kappa shape index (κ2) is 14.4. The molecule has 228 valence electrons. The number of hydrogen-bond donors (Lipinski definition) is 1. The molecule has 2 aromatic carbocycles. The van der Waals surface area contributed by atoms with Gasteiger partial charge in [-0.1, -0.05) is 13.0 Å². The van der Waals surface area contributed by atoms with Crippen molar-refractivity contribution in [3.8, 4) is 17.2 Å². The highest BCUT2D eigenvalue weighted by Gasteiger charge is 2.37. The Morgan fingerprint density at radius 2 is 1.88 bits per heavy atom. The normalized spacial score (nSPS) is 17.6. The Morgan fingerprint density at radius 3 is 2.62 bits per heavy atom. The molecule has 0 bridgehead atoms. The van der Waals surface area contributed by atoms with E-state index in [1.807, 2.05) is 33.9 Å². The summed E-state index contributed by atoms with van der Waals surface area (Å²) in [6.45, 7) is 4.18. The lowest BCUT2D eigenvalue weighted by Gasteiger charge is -2.33. The fraction of sp³-hybridized carbons (Fsp3) is 0.467. The first-order valence-corrected chi connectivity index (χ1v) is 13.8. The molecule has 42 heavy (non-hydrogen) atoms. The van der Waals surface area contributed by atoms with Gasteiger partial charge in [-0.15, -0.1) is 0 Å². The Bertz CT molecular complexity index is 1340. The summed E-state index contributed by atoms with van der Waals surface area (Å²) in [6.07, 6.45) is 4.52. The summed E-state index contributed by atoms with van der Waals surface area (Å²) in [5, 5.41) is 11.6. The summed E-state index contributed by atoms with van der Waals surface area (Å²) >= 11 is 0. The maximum absolute atomic E-state index is 13.7. The molecular formula is C30H38F2N4O6. The highest BCUT2D eigenvalue weighted by molar-refractivity contribution is 5.77. The Balaban J connectivity index is 1.47. The molecule has 3 aromatic rings. The minimum Gasteiger partial charge on any atom is -0.493 e. The summed E-state index contributed by atoms with van der Waals surface area (Å²) < 4.78 is 51.4. The van der Waals surface area contributed by atoms with E-state index in [2.05, 4.69) is 11.9 Å². The number of carbonyl (C=O) groups is 1. The number of aliphatic hydroxyl groups is 1. The van der Waals surface area contributed by atoms with Crippen LogP contribution in [0.15, 0.2) is 48.8 Å². The average molecular weight is 589 g/mol. The maximum Gasteiger partial charge on any atom is 0.248 e. The molecule has 12 heteroatoms. The summed E-state index contributed by atoms with van der Waals surface area (Å²) in [5.41, 5.74) is -0.582. The molecule has 0 spiro atoms. The number of carbonyl (C=O) groups excluding carboxylic acids is 1. The molecule has 10 nitrogen and oxygen atoms in total. The third kappa shape index (κ3) is 8.17. The van der Waals surface area contributed by atoms with Gasteiger partial charge in [-0.2, -0.15) is 0 Å². The molecule has 0 radical (unpaired) electrons. The van der Waals surface area contributed by atoms with E-state index in [-0.39, 0.29) is 38.0 Å². The second-order valence-corrected chi connectivity index (χ2v) is 10.3. The van der Waals surface area contributed by atoms with E-state index in [0.717, 1.165) is 29.9 Å². The first kappa shape index (κ1) is 31.2. The van der Waals surface area contributed by atoms with Crippen molar-refractivity contribution in [1.29, 1.82) is 0 Å². The van der Waals surface area contributed by atoms with Crippen LogP contribution in [0.25, 0.3) is 0 Å². The standard InChI is InChI=1S/C30H38F2N4O6/c1-4-28-33-9-10-35(28)13-14-41-27-15-22(5-8-26(27)40-3)17-34-11-12-36(29(37)18-39-2)20-30(38,19-34)21-42-23-6-7-24(31)25(32)16-23/h5-10,15-16,38H,4,11-14,17-21H2,1-3H3/t30-/m0/s1. The quantitative estimate of drug-likeness (QED) is 0.326. The molecule has 2 heterocycles. The summed E-state index contributed by atoms with van der Waals surface area (Å²) in [6, 6.07) is 8.85. The van der Waals surface area contributed by atoms with Crippen LogP contribution in [-0.2, 0) is 29.0 Å². The lowest BCUT2D eigenvalue weighted by atomic mass is 10.0. The van der Waals surface area contributed by atoms with Gasteiger partial charge in [-0.3, -0.25) is 9.69 Å². The number of amides is 1. The van der Waals surface area contributed by atoms with Gasteiger partial charge in [0.1, 0.15) is 37.0 Å². The van der Waals surface area contributed by atoms with Crippen molar-refractivity contribution in [3.05, 3.63) is 71.8 Å². The number of ether oxygens (including phenoxy) is 4. The number of hydrogen-bond acceptors (Lipinski definition) is 8. The minimum absolute atomic E-state index is 0.0135. The van der Waals surface area contributed by atoms with E-state index in [4.69, 9.17) is 18.9 Å². The van der Waals surface area contributed by atoms with Gasteiger partial charge < -0.3 is 33.5 Å². The van der Waals surface area contributed by atoms with Gasteiger partial charge in [0, 0.05) is 58.2 Å². The highest BCUT2D eigenvalue weighted by Crippen LogP contribution is 2.29. The molecule has 1 fully saturated rings. The van der Waals surface area contributed by atoms with Gasteiger partial charge in [-0.25, -0.2) is 13.8 Å². The second-order valence-electron chi connectivity index (χ2n) is 10.3. The fourth-order valence-corrected chi connectivity index (χ4v) is 4.98. The number of nitrogens with zero attached hydrogens (tertiary/aromatic N) is 4. The summed E-state index contributed by atoms with van der Waals surface area (Å²) in [5.74, 6) is -0.0536. The Morgan fingerprint density at radius 1 is 1.05 bits per heavy atom. The van der Waals surface area contributed by atoms with Crippen molar-refractivity contribution < 1.29 is 37.6 Å². The molecule has 1 aromatic heterocycles. The van der Waals surface area contributed by atoms with E-state index in [9.17, 15) is 18.7 Å². The molecule has 1 atom stereocenters. The van der Waals surface area contributed by atoms with Gasteiger partial charge in [0.2, 0.25) is 5.91 Å². The van der Waals surface area contributed by atoms with Crippen LogP contribution >= 0.6 is 0 Å². The molecule has 1 amide bonds. The van der Waals surface area contributed by atoms with E-state index in [1.54, 1.807) is 13.3 Å². The summed E-state index contributed by atoms with van der Waals surface area (Å²) in [4.78, 5) is 20.6. The Labute approximate surface area is 244 Å². The van der Waals surface area contributed by atoms with Crippen LogP contribution < -0.4 is 14.2 Å². The number of imidazole rings is 1. The van der Waals surface area contributed by atoms with Crippen LogP contribution in [0.2, 0.25) is 0 Å². The Hall–Kier alpha value is -3.74. The van der Waals surface area contributed by atoms with Crippen LogP contribution in [0, 0.1) is 11.6 Å². The molecule has 0 saturated carbocycles. The van der Waals surface area contributed by atoms with Crippen LogP contribution in [-0.4, -0.2) is 96.2 Å². The largest absolute Gasteiger partial charge is 0.493 e. The lowest BCUT2D eigenvalue weighted by Crippen LogP contribution is -2.52. The van der Waals surface area contributed by atoms with E-state index >= 15 is 0 Å². The fourth-order valence-electron chi connectivity index (χ4n) is 4.98. The van der Waals surface area contributed by atoms with Crippen molar-refractivity contribution >= 4 is 5.91 Å². The number of rotatable bonds is 13. The van der Waals surface area contributed by atoms with Crippen LogP contribution in [0.3, 0.4) is 0 Å². The van der Waals surface area contributed by atoms with Gasteiger partial charge >= 0.3 is 0 Å². The first-order chi connectivity index (χ1) is 20.2. The van der Waals surface area contributed by atoms with E-state index in [1.165, 1.54) is 18.1 Å². The van der Waals surface area contributed by atoms with Crippen molar-refractivity contribution in [2.75, 3.05) is 60.2 Å². The maximum atomic E-state index is 13.7. The number of methoxy groups -OCH3 is 2. The Kier molecular flexibility index (Phi) is 10.7. The number of benzene rings is 2. The lowest BCUT2D eigenvalue weighted by molar-refractivity contribution is -0.138. The SMILES string of the molecule is CCc1nccn1CCOc1cc(CN2CCN(C(=O)COC)C[C@](O)(COc3ccc(F)c(F)c3)C2)ccc1OC. The number of β-amino-alcohol motifs (C(OH)–C–C–N with tert-alkyl or cyclic N) is 1. The molecule has 1 aliphatic rings.